The molecular formula is C13H16ClN3O. The minimum absolute atomic E-state index is 0.131. The summed E-state index contributed by atoms with van der Waals surface area (Å²) < 4.78 is 0. The Morgan fingerprint density at radius 2 is 2.28 bits per heavy atom. The van der Waals surface area contributed by atoms with E-state index in [1.165, 1.54) is 5.56 Å². The van der Waals surface area contributed by atoms with Crippen LogP contribution >= 0.6 is 11.6 Å². The monoisotopic (exact) mass is 265 g/mol. The Hall–Kier alpha value is -1.55. The summed E-state index contributed by atoms with van der Waals surface area (Å²) in [4.78, 5) is 18.8. The third-order valence-corrected chi connectivity index (χ3v) is 2.94. The van der Waals surface area contributed by atoms with Gasteiger partial charge in [0.1, 0.15) is 0 Å². The number of nitrogens with zero attached hydrogens (tertiary/aromatic N) is 1. The van der Waals surface area contributed by atoms with Gasteiger partial charge in [0.05, 0.1) is 11.0 Å². The first-order chi connectivity index (χ1) is 8.60. The average Bonchev–Trinajstić information content (AvgIpc) is 2.69. The van der Waals surface area contributed by atoms with Gasteiger partial charge in [0.2, 0.25) is 11.9 Å². The number of halogens is 1. The maximum absolute atomic E-state index is 11.4. The van der Waals surface area contributed by atoms with Crippen molar-refractivity contribution in [2.75, 3.05) is 11.2 Å². The molecule has 0 unspecified atom stereocenters. The predicted molar refractivity (Wildman–Crippen MR) is 74.1 cm³/mol. The Balaban J connectivity index is 2.24. The van der Waals surface area contributed by atoms with Gasteiger partial charge in [-0.3, -0.25) is 10.1 Å². The van der Waals surface area contributed by atoms with E-state index in [1.54, 1.807) is 0 Å². The summed E-state index contributed by atoms with van der Waals surface area (Å²) in [6.07, 6.45) is 0.288. The molecule has 18 heavy (non-hydrogen) atoms. The van der Waals surface area contributed by atoms with Gasteiger partial charge in [-0.05, 0) is 23.6 Å². The minimum Gasteiger partial charge on any atom is -0.324 e. The molecule has 2 N–H and O–H groups in total. The highest BCUT2D eigenvalue weighted by Crippen LogP contribution is 2.21. The maximum atomic E-state index is 11.4. The van der Waals surface area contributed by atoms with Crippen molar-refractivity contribution in [3.8, 4) is 0 Å². The number of alkyl halides is 1. The summed E-state index contributed by atoms with van der Waals surface area (Å²) in [6, 6.07) is 6.07. The van der Waals surface area contributed by atoms with Crippen LogP contribution in [0.15, 0.2) is 18.2 Å². The lowest BCUT2D eigenvalue weighted by atomic mass is 10.0. The number of amides is 1. The van der Waals surface area contributed by atoms with Gasteiger partial charge >= 0.3 is 0 Å². The first-order valence-corrected chi connectivity index (χ1v) is 6.49. The zero-order chi connectivity index (χ0) is 13.1. The summed E-state index contributed by atoms with van der Waals surface area (Å²) in [6.45, 7) is 4.28. The van der Waals surface area contributed by atoms with Crippen molar-refractivity contribution >= 4 is 34.5 Å². The van der Waals surface area contributed by atoms with Crippen LogP contribution in [0.5, 0.6) is 0 Å². The molecule has 0 bridgehead atoms. The van der Waals surface area contributed by atoms with Crippen LogP contribution in [0.25, 0.3) is 11.0 Å². The number of hydrogen-bond donors (Lipinski definition) is 2. The van der Waals surface area contributed by atoms with Gasteiger partial charge in [0.15, 0.2) is 0 Å². The number of imidazole rings is 1. The first-order valence-electron chi connectivity index (χ1n) is 5.95. The van der Waals surface area contributed by atoms with E-state index in [0.29, 0.717) is 17.7 Å². The standard InChI is InChI=1S/C13H16ClN3O/c1-8(2)9-3-4-10-11(7-9)16-13(15-10)17-12(18)5-6-14/h3-4,7-8H,5-6H2,1-2H3,(H2,15,16,17,18). The Bertz CT molecular complexity index is 562. The molecule has 1 aromatic carbocycles. The summed E-state index contributed by atoms with van der Waals surface area (Å²) in [5, 5.41) is 2.69. The van der Waals surface area contributed by atoms with E-state index in [2.05, 4.69) is 41.3 Å². The van der Waals surface area contributed by atoms with Crippen LogP contribution in [0, 0.1) is 0 Å². The van der Waals surface area contributed by atoms with E-state index in [-0.39, 0.29) is 12.3 Å². The highest BCUT2D eigenvalue weighted by molar-refractivity contribution is 6.19. The first kappa shape index (κ1) is 12.9. The second-order valence-electron chi connectivity index (χ2n) is 4.50. The third kappa shape index (κ3) is 2.82. The highest BCUT2D eigenvalue weighted by atomic mass is 35.5. The molecule has 4 nitrogen and oxygen atoms in total. The number of aromatic nitrogens is 2. The molecule has 5 heteroatoms. The van der Waals surface area contributed by atoms with Crippen molar-refractivity contribution in [3.63, 3.8) is 0 Å². The molecule has 1 amide bonds. The number of hydrogen-bond acceptors (Lipinski definition) is 2. The van der Waals surface area contributed by atoms with Gasteiger partial charge in [0.25, 0.3) is 0 Å². The second kappa shape index (κ2) is 5.40. The SMILES string of the molecule is CC(C)c1ccc2nc(NC(=O)CCCl)[nH]c2c1. The molecule has 96 valence electrons. The molecule has 1 heterocycles. The van der Waals surface area contributed by atoms with Crippen LogP contribution in [0.4, 0.5) is 5.95 Å². The van der Waals surface area contributed by atoms with Crippen molar-refractivity contribution in [2.24, 2.45) is 0 Å². The van der Waals surface area contributed by atoms with E-state index in [9.17, 15) is 4.79 Å². The number of nitrogens with one attached hydrogen (secondary N) is 2. The molecule has 0 fully saturated rings. The van der Waals surface area contributed by atoms with Crippen LogP contribution in [0.2, 0.25) is 0 Å². The molecule has 2 rings (SSSR count). The number of fused-ring (bicyclic) bond motifs is 1. The zero-order valence-electron chi connectivity index (χ0n) is 10.5. The summed E-state index contributed by atoms with van der Waals surface area (Å²) in [5.41, 5.74) is 3.02. The number of benzene rings is 1. The van der Waals surface area contributed by atoms with E-state index >= 15 is 0 Å². The highest BCUT2D eigenvalue weighted by Gasteiger charge is 2.08. The number of anilines is 1. The fourth-order valence-corrected chi connectivity index (χ4v) is 1.90. The predicted octanol–water partition coefficient (Wildman–Crippen LogP) is 3.25. The summed E-state index contributed by atoms with van der Waals surface area (Å²) in [7, 11) is 0. The van der Waals surface area contributed by atoms with Gasteiger partial charge in [-0.25, -0.2) is 4.98 Å². The maximum Gasteiger partial charge on any atom is 0.227 e. The van der Waals surface area contributed by atoms with Gasteiger partial charge in [-0.2, -0.15) is 0 Å². The van der Waals surface area contributed by atoms with Crippen LogP contribution in [0.3, 0.4) is 0 Å². The Morgan fingerprint density at radius 3 is 2.94 bits per heavy atom. The fourth-order valence-electron chi connectivity index (χ4n) is 1.73. The van der Waals surface area contributed by atoms with Crippen LogP contribution in [-0.4, -0.2) is 21.8 Å². The van der Waals surface area contributed by atoms with Crippen molar-refractivity contribution in [1.29, 1.82) is 0 Å². The lowest BCUT2D eigenvalue weighted by Crippen LogP contribution is -2.12. The normalized spacial score (nSPS) is 11.1. The number of carbonyl (C=O) groups is 1. The number of rotatable bonds is 4. The second-order valence-corrected chi connectivity index (χ2v) is 4.88. The Labute approximate surface area is 111 Å². The van der Waals surface area contributed by atoms with Gasteiger partial charge in [-0.15, -0.1) is 11.6 Å². The molecule has 2 aromatic rings. The molecular weight excluding hydrogens is 250 g/mol. The van der Waals surface area contributed by atoms with Crippen molar-refractivity contribution in [2.45, 2.75) is 26.2 Å². The molecule has 0 spiro atoms. The quantitative estimate of drug-likeness (QED) is 0.834. The van der Waals surface area contributed by atoms with E-state index in [1.807, 2.05) is 6.07 Å². The third-order valence-electron chi connectivity index (χ3n) is 2.75. The van der Waals surface area contributed by atoms with Crippen LogP contribution in [0.1, 0.15) is 31.7 Å². The van der Waals surface area contributed by atoms with Crippen molar-refractivity contribution < 1.29 is 4.79 Å². The molecule has 0 aliphatic rings. The van der Waals surface area contributed by atoms with E-state index < -0.39 is 0 Å². The molecule has 0 saturated heterocycles. The Morgan fingerprint density at radius 1 is 1.50 bits per heavy atom. The van der Waals surface area contributed by atoms with Crippen molar-refractivity contribution in [3.05, 3.63) is 23.8 Å². The number of H-pyrrole nitrogens is 1. The molecule has 0 atom stereocenters. The van der Waals surface area contributed by atoms with E-state index in [4.69, 9.17) is 11.6 Å². The minimum atomic E-state index is -0.131. The largest absolute Gasteiger partial charge is 0.324 e. The number of aromatic amines is 1. The summed E-state index contributed by atoms with van der Waals surface area (Å²) in [5.74, 6) is 1.12. The average molecular weight is 266 g/mol. The van der Waals surface area contributed by atoms with Crippen LogP contribution in [-0.2, 0) is 4.79 Å². The van der Waals surface area contributed by atoms with E-state index in [0.717, 1.165) is 11.0 Å². The van der Waals surface area contributed by atoms with Gasteiger partial charge in [0, 0.05) is 12.3 Å². The molecule has 0 aliphatic heterocycles. The Kier molecular flexibility index (Phi) is 3.87. The summed E-state index contributed by atoms with van der Waals surface area (Å²) >= 11 is 5.51. The number of carbonyl (C=O) groups excluding carboxylic acids is 1. The van der Waals surface area contributed by atoms with Crippen LogP contribution < -0.4 is 5.32 Å². The lowest BCUT2D eigenvalue weighted by Gasteiger charge is -2.03. The van der Waals surface area contributed by atoms with Gasteiger partial charge < -0.3 is 4.98 Å². The lowest BCUT2D eigenvalue weighted by molar-refractivity contribution is -0.115. The van der Waals surface area contributed by atoms with Crippen molar-refractivity contribution in [1.82, 2.24) is 9.97 Å². The zero-order valence-corrected chi connectivity index (χ0v) is 11.2. The molecule has 0 aliphatic carbocycles. The smallest absolute Gasteiger partial charge is 0.227 e. The topological polar surface area (TPSA) is 57.8 Å². The van der Waals surface area contributed by atoms with Gasteiger partial charge in [-0.1, -0.05) is 19.9 Å². The molecule has 1 aromatic heterocycles. The molecule has 0 radical (unpaired) electrons. The molecule has 0 saturated carbocycles. The fraction of sp³-hybridized carbons (Fsp3) is 0.385.